The highest BCUT2D eigenvalue weighted by Gasteiger charge is 2.32. The van der Waals surface area contributed by atoms with Gasteiger partial charge in [0.05, 0.1) is 28.4 Å². The molecule has 3 rings (SSSR count). The fraction of sp³-hybridized carbons (Fsp3) is 0.286. The number of imidazole rings is 1. The highest BCUT2D eigenvalue weighted by molar-refractivity contribution is 9.10. The molecule has 0 saturated heterocycles. The van der Waals surface area contributed by atoms with Crippen LogP contribution in [0.15, 0.2) is 58.0 Å². The topological polar surface area (TPSA) is 73.2 Å². The predicted molar refractivity (Wildman–Crippen MR) is 117 cm³/mol. The fourth-order valence-corrected chi connectivity index (χ4v) is 5.37. The Morgan fingerprint density at radius 3 is 2.41 bits per heavy atom. The zero-order valence-corrected chi connectivity index (χ0v) is 19.8. The highest BCUT2D eigenvalue weighted by atomic mass is 79.9. The maximum absolute atomic E-state index is 12.9. The molecular weight excluding hydrogens is 511 g/mol. The summed E-state index contributed by atoms with van der Waals surface area (Å²) in [5.41, 5.74) is 0.675. The van der Waals surface area contributed by atoms with Crippen LogP contribution >= 0.6 is 15.9 Å². The van der Waals surface area contributed by atoms with E-state index >= 15 is 0 Å². The van der Waals surface area contributed by atoms with Gasteiger partial charge in [0.1, 0.15) is 5.75 Å². The summed E-state index contributed by atoms with van der Waals surface area (Å²) in [5, 5.41) is 0. The second kappa shape index (κ2) is 9.24. The summed E-state index contributed by atoms with van der Waals surface area (Å²) >= 11 is 2.94. The van der Waals surface area contributed by atoms with Crippen molar-refractivity contribution >= 4 is 26.0 Å². The van der Waals surface area contributed by atoms with Gasteiger partial charge in [-0.1, -0.05) is 17.7 Å². The molecule has 3 aromatic rings. The van der Waals surface area contributed by atoms with Gasteiger partial charge in [0, 0.05) is 11.0 Å². The fourth-order valence-electron chi connectivity index (χ4n) is 3.08. The molecule has 0 amide bonds. The van der Waals surface area contributed by atoms with Crippen molar-refractivity contribution in [2.45, 2.75) is 44.4 Å². The average Bonchev–Trinajstić information content (AvgIpc) is 3.11. The SMILES string of the molecule is CCn1c(C(C)NS(=O)(=O)c2ccc(C(F)(F)F)cc2Br)cnc1Oc1ccc(C)cc1. The zero-order chi connectivity index (χ0) is 23.7. The first-order valence-electron chi connectivity index (χ1n) is 9.61. The summed E-state index contributed by atoms with van der Waals surface area (Å²) in [5.74, 6) is 0.587. The molecule has 1 aromatic heterocycles. The number of nitrogens with one attached hydrogen (secondary N) is 1. The summed E-state index contributed by atoms with van der Waals surface area (Å²) in [6.45, 7) is 5.90. The van der Waals surface area contributed by atoms with Gasteiger partial charge in [0.2, 0.25) is 10.0 Å². The van der Waals surface area contributed by atoms with E-state index in [9.17, 15) is 21.6 Å². The quantitative estimate of drug-likeness (QED) is 0.416. The van der Waals surface area contributed by atoms with Gasteiger partial charge in [0.15, 0.2) is 0 Å². The molecule has 2 aromatic carbocycles. The molecule has 6 nitrogen and oxygen atoms in total. The van der Waals surface area contributed by atoms with Crippen LogP contribution in [-0.2, 0) is 22.7 Å². The zero-order valence-electron chi connectivity index (χ0n) is 17.4. The van der Waals surface area contributed by atoms with Crippen LogP contribution in [0.2, 0.25) is 0 Å². The summed E-state index contributed by atoms with van der Waals surface area (Å²) < 4.78 is 74.2. The minimum Gasteiger partial charge on any atom is -0.426 e. The van der Waals surface area contributed by atoms with Crippen molar-refractivity contribution in [3.8, 4) is 11.8 Å². The molecule has 11 heteroatoms. The number of ether oxygens (including phenoxy) is 1. The highest BCUT2D eigenvalue weighted by Crippen LogP contribution is 2.34. The van der Waals surface area contributed by atoms with E-state index in [1.54, 1.807) is 23.6 Å². The third-order valence-corrected chi connectivity index (χ3v) is 7.24. The van der Waals surface area contributed by atoms with E-state index in [1.165, 1.54) is 6.20 Å². The lowest BCUT2D eigenvalue weighted by Gasteiger charge is -2.18. The van der Waals surface area contributed by atoms with Gasteiger partial charge in [-0.25, -0.2) is 18.1 Å². The molecule has 0 aliphatic heterocycles. The Morgan fingerprint density at radius 1 is 1.19 bits per heavy atom. The molecule has 0 spiro atoms. The van der Waals surface area contributed by atoms with Crippen molar-refractivity contribution in [3.63, 3.8) is 0 Å². The second-order valence-corrected chi connectivity index (χ2v) is 9.65. The molecule has 32 heavy (non-hydrogen) atoms. The van der Waals surface area contributed by atoms with E-state index < -0.39 is 27.8 Å². The van der Waals surface area contributed by atoms with Crippen molar-refractivity contribution in [3.05, 3.63) is 70.0 Å². The van der Waals surface area contributed by atoms with Crippen molar-refractivity contribution in [1.82, 2.24) is 14.3 Å². The summed E-state index contributed by atoms with van der Waals surface area (Å²) in [6.07, 6.45) is -3.07. The number of halogens is 4. The van der Waals surface area contributed by atoms with Gasteiger partial charge in [-0.15, -0.1) is 0 Å². The molecule has 0 aliphatic carbocycles. The third-order valence-electron chi connectivity index (χ3n) is 4.72. The van der Waals surface area contributed by atoms with E-state index in [0.29, 0.717) is 24.0 Å². The van der Waals surface area contributed by atoms with Crippen LogP contribution in [0.1, 0.15) is 36.7 Å². The van der Waals surface area contributed by atoms with Crippen LogP contribution in [0, 0.1) is 6.92 Å². The van der Waals surface area contributed by atoms with Crippen LogP contribution < -0.4 is 9.46 Å². The molecule has 0 aliphatic rings. The Labute approximate surface area is 192 Å². The van der Waals surface area contributed by atoms with Crippen molar-refractivity contribution in [1.29, 1.82) is 0 Å². The monoisotopic (exact) mass is 531 g/mol. The van der Waals surface area contributed by atoms with E-state index in [4.69, 9.17) is 4.74 Å². The molecule has 1 heterocycles. The average molecular weight is 532 g/mol. The number of benzene rings is 2. The van der Waals surface area contributed by atoms with Gasteiger partial charge in [-0.2, -0.15) is 13.2 Å². The lowest BCUT2D eigenvalue weighted by atomic mass is 10.2. The van der Waals surface area contributed by atoms with Crippen molar-refractivity contribution < 1.29 is 26.3 Å². The van der Waals surface area contributed by atoms with E-state index in [0.717, 1.165) is 23.8 Å². The Morgan fingerprint density at radius 2 is 1.84 bits per heavy atom. The van der Waals surface area contributed by atoms with E-state index in [2.05, 4.69) is 25.6 Å². The van der Waals surface area contributed by atoms with Gasteiger partial charge in [-0.3, -0.25) is 4.57 Å². The largest absolute Gasteiger partial charge is 0.426 e. The molecular formula is C21H21BrF3N3O3S. The lowest BCUT2D eigenvalue weighted by Crippen LogP contribution is -2.28. The summed E-state index contributed by atoms with van der Waals surface area (Å²) in [6, 6.07) is 9.37. The first kappa shape index (κ1) is 24.3. The first-order chi connectivity index (χ1) is 14.9. The third kappa shape index (κ3) is 5.33. The standard InChI is InChI=1S/C21H21BrF3N3O3S/c1-4-28-18(12-26-20(28)31-16-8-5-13(2)6-9-16)14(3)27-32(29,30)19-10-7-15(11-17(19)22)21(23,24)25/h5-12,14,27H,4H2,1-3H3. The molecule has 0 radical (unpaired) electrons. The number of alkyl halides is 3. The lowest BCUT2D eigenvalue weighted by molar-refractivity contribution is -0.137. The van der Waals surface area contributed by atoms with Crippen LogP contribution in [0.3, 0.4) is 0 Å². The number of nitrogens with zero attached hydrogens (tertiary/aromatic N) is 2. The Bertz CT molecular complexity index is 1210. The van der Waals surface area contributed by atoms with Crippen LogP contribution in [0.25, 0.3) is 0 Å². The van der Waals surface area contributed by atoms with Crippen molar-refractivity contribution in [2.75, 3.05) is 0 Å². The molecule has 1 atom stereocenters. The van der Waals surface area contributed by atoms with Crippen LogP contribution in [0.4, 0.5) is 13.2 Å². The number of hydrogen-bond donors (Lipinski definition) is 1. The Hall–Kier alpha value is -2.37. The minimum absolute atomic E-state index is 0.181. The molecule has 0 bridgehead atoms. The van der Waals surface area contributed by atoms with E-state index in [-0.39, 0.29) is 9.37 Å². The minimum atomic E-state index is -4.58. The number of sulfonamides is 1. The maximum Gasteiger partial charge on any atom is 0.416 e. The molecule has 172 valence electrons. The van der Waals surface area contributed by atoms with Gasteiger partial charge in [-0.05, 0) is 67.0 Å². The molecule has 1 N–H and O–H groups in total. The van der Waals surface area contributed by atoms with Crippen LogP contribution in [0.5, 0.6) is 11.8 Å². The number of aryl methyl sites for hydroxylation is 1. The normalized spacial score (nSPS) is 13.2. The predicted octanol–water partition coefficient (Wildman–Crippen LogP) is 5.82. The second-order valence-electron chi connectivity index (χ2n) is 7.11. The first-order valence-corrected chi connectivity index (χ1v) is 11.9. The van der Waals surface area contributed by atoms with Gasteiger partial charge in [0.25, 0.3) is 0 Å². The number of rotatable bonds is 7. The molecule has 0 fully saturated rings. The smallest absolute Gasteiger partial charge is 0.416 e. The Balaban J connectivity index is 1.84. The summed E-state index contributed by atoms with van der Waals surface area (Å²) in [4.78, 5) is 3.96. The molecule has 1 unspecified atom stereocenters. The molecule has 0 saturated carbocycles. The maximum atomic E-state index is 12.9. The van der Waals surface area contributed by atoms with Gasteiger partial charge < -0.3 is 4.74 Å². The van der Waals surface area contributed by atoms with Crippen LogP contribution in [-0.4, -0.2) is 18.0 Å². The van der Waals surface area contributed by atoms with Crippen molar-refractivity contribution in [2.24, 2.45) is 0 Å². The number of hydrogen-bond acceptors (Lipinski definition) is 4. The number of aromatic nitrogens is 2. The summed E-state index contributed by atoms with van der Waals surface area (Å²) in [7, 11) is -4.13. The van der Waals surface area contributed by atoms with Gasteiger partial charge >= 0.3 is 12.2 Å². The Kier molecular flexibility index (Phi) is 7.01. The van der Waals surface area contributed by atoms with E-state index in [1.807, 2.05) is 26.0 Å².